The number of carbonyl (C=O) groups is 1. The fourth-order valence-electron chi connectivity index (χ4n) is 4.44. The molecule has 0 saturated carbocycles. The quantitative estimate of drug-likeness (QED) is 0.345. The average molecular weight is 450 g/mol. The Bertz CT molecular complexity index is 1340. The molecule has 5 rings (SSSR count). The highest BCUT2D eigenvalue weighted by Gasteiger charge is 2.33. The van der Waals surface area contributed by atoms with Crippen LogP contribution in [0.15, 0.2) is 71.1 Å². The van der Waals surface area contributed by atoms with E-state index in [0.717, 1.165) is 41.7 Å². The molecular weight excluding hydrogens is 429 g/mol. The number of pyridine rings is 1. The molecule has 3 heterocycles. The Hall–Kier alpha value is -3.61. The summed E-state index contributed by atoms with van der Waals surface area (Å²) in [6.45, 7) is 2.46. The zero-order valence-electron chi connectivity index (χ0n) is 17.9. The third-order valence-corrected chi connectivity index (χ3v) is 6.00. The summed E-state index contributed by atoms with van der Waals surface area (Å²) in [5, 5.41) is 0.874. The van der Waals surface area contributed by atoms with Crippen molar-refractivity contribution in [1.29, 1.82) is 0 Å². The molecule has 33 heavy (non-hydrogen) atoms. The van der Waals surface area contributed by atoms with Gasteiger partial charge in [-0.25, -0.2) is 0 Å². The summed E-state index contributed by atoms with van der Waals surface area (Å²) >= 11 is 0. The van der Waals surface area contributed by atoms with Crippen LogP contribution in [0.4, 0.5) is 13.2 Å². The Morgan fingerprint density at radius 2 is 1.88 bits per heavy atom. The highest BCUT2D eigenvalue weighted by atomic mass is 19.4. The van der Waals surface area contributed by atoms with Gasteiger partial charge in [0.1, 0.15) is 11.3 Å². The molecule has 1 fully saturated rings. The second-order valence-electron chi connectivity index (χ2n) is 8.29. The van der Waals surface area contributed by atoms with Crippen molar-refractivity contribution in [3.8, 4) is 11.3 Å². The van der Waals surface area contributed by atoms with Crippen molar-refractivity contribution in [2.75, 3.05) is 6.54 Å². The van der Waals surface area contributed by atoms with Crippen LogP contribution in [0.1, 0.15) is 46.3 Å². The molecule has 1 amide bonds. The van der Waals surface area contributed by atoms with Crippen LogP contribution in [0.25, 0.3) is 22.2 Å². The van der Waals surface area contributed by atoms with Crippen molar-refractivity contribution in [3.05, 3.63) is 89.3 Å². The van der Waals surface area contributed by atoms with E-state index in [1.807, 2.05) is 25.1 Å². The van der Waals surface area contributed by atoms with Gasteiger partial charge in [-0.2, -0.15) is 13.2 Å². The van der Waals surface area contributed by atoms with Gasteiger partial charge in [-0.05, 0) is 68.3 Å². The fraction of sp³-hybridized carbons (Fsp3) is 0.231. The lowest BCUT2D eigenvalue weighted by molar-refractivity contribution is -0.137. The van der Waals surface area contributed by atoms with Crippen molar-refractivity contribution in [2.24, 2.45) is 0 Å². The van der Waals surface area contributed by atoms with Gasteiger partial charge in [-0.15, -0.1) is 0 Å². The Labute approximate surface area is 188 Å². The zero-order valence-corrected chi connectivity index (χ0v) is 17.9. The van der Waals surface area contributed by atoms with Gasteiger partial charge in [0.05, 0.1) is 23.0 Å². The van der Waals surface area contributed by atoms with E-state index in [1.54, 1.807) is 35.2 Å². The number of alkyl halides is 3. The number of amides is 1. The topological polar surface area (TPSA) is 46.3 Å². The molecule has 7 heteroatoms. The van der Waals surface area contributed by atoms with Gasteiger partial charge in [0.2, 0.25) is 0 Å². The van der Waals surface area contributed by atoms with Gasteiger partial charge < -0.3 is 9.32 Å². The van der Waals surface area contributed by atoms with Gasteiger partial charge >= 0.3 is 6.18 Å². The Morgan fingerprint density at radius 1 is 1.06 bits per heavy atom. The predicted octanol–water partition coefficient (Wildman–Crippen LogP) is 6.80. The first-order valence-corrected chi connectivity index (χ1v) is 10.8. The van der Waals surface area contributed by atoms with E-state index in [2.05, 4.69) is 4.98 Å². The molecular formula is C26H21F3N2O2. The van der Waals surface area contributed by atoms with Gasteiger partial charge in [0.15, 0.2) is 0 Å². The zero-order chi connectivity index (χ0) is 23.2. The maximum absolute atomic E-state index is 13.3. The van der Waals surface area contributed by atoms with E-state index < -0.39 is 11.7 Å². The molecule has 0 spiro atoms. The maximum Gasteiger partial charge on any atom is 0.416 e. The number of aryl methyl sites for hydroxylation is 1. The molecule has 1 atom stereocenters. The standard InChI is InChI=1S/C26H21F3N2O2/c1-16-13-19-14-18(10-11-24(19)33-16)25(32)31-12-4-9-23(31)22-8-3-7-21(30-22)17-5-2-6-20(15-17)26(27,28)29/h2-3,5-8,10-11,13-15,23H,4,9,12H2,1H3/t23-/m0/s1. The van der Waals surface area contributed by atoms with Gasteiger partial charge in [-0.3, -0.25) is 9.78 Å². The summed E-state index contributed by atoms with van der Waals surface area (Å²) < 4.78 is 45.0. The third kappa shape index (κ3) is 4.11. The number of fused-ring (bicyclic) bond motifs is 1. The van der Waals surface area contributed by atoms with Crippen LogP contribution in [0.3, 0.4) is 0 Å². The molecule has 168 valence electrons. The second-order valence-corrected chi connectivity index (χ2v) is 8.29. The minimum atomic E-state index is -4.42. The van der Waals surface area contributed by atoms with E-state index in [-0.39, 0.29) is 11.9 Å². The molecule has 1 aliphatic heterocycles. The summed E-state index contributed by atoms with van der Waals surface area (Å²) in [7, 11) is 0. The first-order valence-electron chi connectivity index (χ1n) is 10.8. The van der Waals surface area contributed by atoms with Crippen LogP contribution in [-0.4, -0.2) is 22.3 Å². The van der Waals surface area contributed by atoms with E-state index in [0.29, 0.717) is 29.1 Å². The maximum atomic E-state index is 13.3. The first kappa shape index (κ1) is 21.2. The summed E-state index contributed by atoms with van der Waals surface area (Å²) in [5.41, 5.74) is 2.11. The SMILES string of the molecule is Cc1cc2cc(C(=O)N3CCC[C@H]3c3cccc(-c4cccc(C(F)(F)F)c4)n3)ccc2o1. The molecule has 0 aliphatic carbocycles. The molecule has 0 N–H and O–H groups in total. The minimum Gasteiger partial charge on any atom is -0.461 e. The molecule has 4 nitrogen and oxygen atoms in total. The molecule has 0 unspecified atom stereocenters. The van der Waals surface area contributed by atoms with Crippen molar-refractivity contribution in [1.82, 2.24) is 9.88 Å². The minimum absolute atomic E-state index is 0.0930. The van der Waals surface area contributed by atoms with Crippen molar-refractivity contribution in [3.63, 3.8) is 0 Å². The van der Waals surface area contributed by atoms with Gasteiger partial charge in [0, 0.05) is 23.1 Å². The number of rotatable bonds is 3. The number of benzene rings is 2. The molecule has 2 aromatic heterocycles. The summed E-state index contributed by atoms with van der Waals surface area (Å²) in [4.78, 5) is 19.8. The average Bonchev–Trinajstić information content (AvgIpc) is 3.43. The predicted molar refractivity (Wildman–Crippen MR) is 119 cm³/mol. The van der Waals surface area contributed by atoms with Gasteiger partial charge in [-0.1, -0.05) is 18.2 Å². The van der Waals surface area contributed by atoms with Crippen LogP contribution in [-0.2, 0) is 6.18 Å². The normalized spacial score (nSPS) is 16.5. The number of carbonyl (C=O) groups excluding carboxylic acids is 1. The van der Waals surface area contributed by atoms with Crippen molar-refractivity contribution < 1.29 is 22.4 Å². The molecule has 0 bridgehead atoms. The van der Waals surface area contributed by atoms with E-state index in [9.17, 15) is 18.0 Å². The molecule has 2 aromatic carbocycles. The van der Waals surface area contributed by atoms with E-state index >= 15 is 0 Å². The van der Waals surface area contributed by atoms with Crippen LogP contribution in [0.5, 0.6) is 0 Å². The lowest BCUT2D eigenvalue weighted by atomic mass is 10.0. The van der Waals surface area contributed by atoms with Crippen LogP contribution >= 0.6 is 0 Å². The number of hydrogen-bond donors (Lipinski definition) is 0. The summed E-state index contributed by atoms with van der Waals surface area (Å²) in [5.74, 6) is 0.689. The number of furan rings is 1. The Kier molecular flexibility index (Phi) is 5.19. The van der Waals surface area contributed by atoms with Crippen LogP contribution in [0.2, 0.25) is 0 Å². The number of likely N-dealkylation sites (tertiary alicyclic amines) is 1. The highest BCUT2D eigenvalue weighted by Crippen LogP contribution is 2.35. The summed E-state index contributed by atoms with van der Waals surface area (Å²) in [6.07, 6.45) is -2.84. The molecule has 1 aliphatic rings. The Morgan fingerprint density at radius 3 is 2.70 bits per heavy atom. The molecule has 1 saturated heterocycles. The third-order valence-electron chi connectivity index (χ3n) is 6.00. The largest absolute Gasteiger partial charge is 0.461 e. The lowest BCUT2D eigenvalue weighted by Gasteiger charge is -2.25. The monoisotopic (exact) mass is 450 g/mol. The first-order chi connectivity index (χ1) is 15.8. The van der Waals surface area contributed by atoms with E-state index in [1.165, 1.54) is 6.07 Å². The van der Waals surface area contributed by atoms with Crippen LogP contribution in [0, 0.1) is 6.92 Å². The van der Waals surface area contributed by atoms with Crippen molar-refractivity contribution >= 4 is 16.9 Å². The van der Waals surface area contributed by atoms with Gasteiger partial charge in [0.25, 0.3) is 5.91 Å². The number of aromatic nitrogens is 1. The van der Waals surface area contributed by atoms with E-state index in [4.69, 9.17) is 4.42 Å². The molecule has 4 aromatic rings. The highest BCUT2D eigenvalue weighted by molar-refractivity contribution is 5.98. The van der Waals surface area contributed by atoms with Crippen molar-refractivity contribution in [2.45, 2.75) is 32.0 Å². The smallest absolute Gasteiger partial charge is 0.416 e. The lowest BCUT2D eigenvalue weighted by Crippen LogP contribution is -2.31. The number of nitrogens with zero attached hydrogens (tertiary/aromatic N) is 2. The fourth-order valence-corrected chi connectivity index (χ4v) is 4.44. The van der Waals surface area contributed by atoms with Crippen LogP contribution < -0.4 is 0 Å². The number of halogens is 3. The molecule has 0 radical (unpaired) electrons. The second kappa shape index (κ2) is 8.06. The number of hydrogen-bond acceptors (Lipinski definition) is 3. The summed E-state index contributed by atoms with van der Waals surface area (Å²) in [6, 6.07) is 17.5. The Balaban J connectivity index is 1.45.